The molecule has 0 heterocycles. The van der Waals surface area contributed by atoms with Gasteiger partial charge in [-0.3, -0.25) is 4.79 Å². The molecular weight excluding hydrogens is 298 g/mol. The van der Waals surface area contributed by atoms with Crippen molar-refractivity contribution in [2.75, 3.05) is 6.54 Å². The van der Waals surface area contributed by atoms with Crippen LogP contribution < -0.4 is 5.32 Å². The first-order chi connectivity index (χ1) is 10.6. The Bertz CT molecular complexity index is 518. The van der Waals surface area contributed by atoms with E-state index in [1.807, 2.05) is 24.3 Å². The lowest BCUT2D eigenvalue weighted by Gasteiger charge is -2.28. The van der Waals surface area contributed by atoms with Crippen LogP contribution in [0.5, 0.6) is 0 Å². The molecule has 2 aliphatic rings. The molecule has 2 N–H and O–H groups in total. The molecule has 22 heavy (non-hydrogen) atoms. The van der Waals surface area contributed by atoms with Gasteiger partial charge >= 0.3 is 0 Å². The summed E-state index contributed by atoms with van der Waals surface area (Å²) in [6.07, 6.45) is 6.62. The highest BCUT2D eigenvalue weighted by Gasteiger charge is 2.42. The number of aliphatic hydroxyl groups is 1. The fraction of sp³-hybridized carbons (Fsp3) is 0.611. The summed E-state index contributed by atoms with van der Waals surface area (Å²) in [5.74, 6) is 0.573. The van der Waals surface area contributed by atoms with E-state index in [1.165, 1.54) is 0 Å². The van der Waals surface area contributed by atoms with Crippen LogP contribution in [0, 0.1) is 5.92 Å². The van der Waals surface area contributed by atoms with Crippen molar-refractivity contribution in [3.8, 4) is 0 Å². The summed E-state index contributed by atoms with van der Waals surface area (Å²) in [5, 5.41) is 13.7. The second-order valence-electron chi connectivity index (χ2n) is 6.75. The van der Waals surface area contributed by atoms with Gasteiger partial charge in [0.2, 0.25) is 5.91 Å². The van der Waals surface area contributed by atoms with Gasteiger partial charge in [0.25, 0.3) is 0 Å². The molecule has 1 aromatic rings. The molecule has 0 aliphatic heterocycles. The summed E-state index contributed by atoms with van der Waals surface area (Å²) in [7, 11) is 0. The first-order valence-electron chi connectivity index (χ1n) is 8.34. The van der Waals surface area contributed by atoms with Crippen molar-refractivity contribution >= 4 is 17.5 Å². The highest BCUT2D eigenvalue weighted by atomic mass is 35.5. The molecule has 0 spiro atoms. The molecule has 1 atom stereocenters. The van der Waals surface area contributed by atoms with Gasteiger partial charge in [0, 0.05) is 11.6 Å². The molecule has 0 bridgehead atoms. The first kappa shape index (κ1) is 15.8. The average molecular weight is 322 g/mol. The molecule has 0 unspecified atom stereocenters. The maximum Gasteiger partial charge on any atom is 0.230 e. The van der Waals surface area contributed by atoms with Gasteiger partial charge in [-0.2, -0.15) is 0 Å². The van der Waals surface area contributed by atoms with Gasteiger partial charge in [0.15, 0.2) is 0 Å². The second-order valence-corrected chi connectivity index (χ2v) is 7.18. The lowest BCUT2D eigenvalue weighted by atomic mass is 9.78. The molecular formula is C18H24ClNO2. The minimum Gasteiger partial charge on any atom is -0.393 e. The van der Waals surface area contributed by atoms with Crippen LogP contribution in [-0.4, -0.2) is 23.7 Å². The van der Waals surface area contributed by atoms with Gasteiger partial charge in [-0.05, 0) is 55.7 Å². The summed E-state index contributed by atoms with van der Waals surface area (Å²) in [6, 6.07) is 7.68. The predicted molar refractivity (Wildman–Crippen MR) is 88.0 cm³/mol. The topological polar surface area (TPSA) is 49.3 Å². The Morgan fingerprint density at radius 3 is 2.50 bits per heavy atom. The molecule has 2 saturated carbocycles. The Labute approximate surface area is 137 Å². The highest BCUT2D eigenvalue weighted by Crippen LogP contribution is 2.41. The largest absolute Gasteiger partial charge is 0.393 e. The number of carbonyl (C=O) groups is 1. The van der Waals surface area contributed by atoms with Gasteiger partial charge in [-0.25, -0.2) is 0 Å². The Balaban J connectivity index is 1.64. The maximum atomic E-state index is 12.8. The highest BCUT2D eigenvalue weighted by molar-refractivity contribution is 6.30. The number of amides is 1. The third-order valence-electron chi connectivity index (χ3n) is 5.18. The molecule has 1 amide bonds. The number of aliphatic hydroxyl groups excluding tert-OH is 1. The van der Waals surface area contributed by atoms with Crippen LogP contribution in [0.25, 0.3) is 0 Å². The van der Waals surface area contributed by atoms with E-state index >= 15 is 0 Å². The molecule has 2 fully saturated rings. The molecule has 3 nitrogen and oxygen atoms in total. The minimum absolute atomic E-state index is 0.107. The molecule has 2 aliphatic carbocycles. The van der Waals surface area contributed by atoms with Crippen molar-refractivity contribution in [1.29, 1.82) is 0 Å². The number of hydrogen-bond donors (Lipinski definition) is 2. The van der Waals surface area contributed by atoms with E-state index in [0.717, 1.165) is 44.1 Å². The van der Waals surface area contributed by atoms with E-state index in [0.29, 0.717) is 23.9 Å². The summed E-state index contributed by atoms with van der Waals surface area (Å²) in [5.41, 5.74) is 0.657. The van der Waals surface area contributed by atoms with Crippen LogP contribution in [0.4, 0.5) is 0 Å². The van der Waals surface area contributed by atoms with Crippen molar-refractivity contribution in [1.82, 2.24) is 5.32 Å². The molecule has 1 aromatic carbocycles. The molecule has 3 rings (SSSR count). The number of benzene rings is 1. The van der Waals surface area contributed by atoms with Gasteiger partial charge in [-0.1, -0.05) is 36.6 Å². The first-order valence-corrected chi connectivity index (χ1v) is 8.72. The Kier molecular flexibility index (Phi) is 4.74. The normalized spacial score (nSPS) is 21.5. The van der Waals surface area contributed by atoms with Gasteiger partial charge < -0.3 is 10.4 Å². The third kappa shape index (κ3) is 3.31. The summed E-state index contributed by atoms with van der Waals surface area (Å²) >= 11 is 5.97. The molecule has 0 saturated heterocycles. The maximum absolute atomic E-state index is 12.8. The Morgan fingerprint density at radius 1 is 1.27 bits per heavy atom. The minimum atomic E-state index is -0.408. The lowest BCUT2D eigenvalue weighted by Crippen LogP contribution is -2.43. The van der Waals surface area contributed by atoms with Crippen molar-refractivity contribution in [3.63, 3.8) is 0 Å². The molecule has 4 heteroatoms. The predicted octanol–water partition coefficient (Wildman–Crippen LogP) is 3.43. The van der Waals surface area contributed by atoms with Gasteiger partial charge in [0.05, 0.1) is 11.5 Å². The summed E-state index contributed by atoms with van der Waals surface area (Å²) in [6.45, 7) is 0.561. The van der Waals surface area contributed by atoms with E-state index in [4.69, 9.17) is 11.6 Å². The van der Waals surface area contributed by atoms with Crippen LogP contribution in [0.1, 0.15) is 50.5 Å². The standard InChI is InChI=1S/C18H24ClNO2/c19-15-7-5-14(6-8-15)18(10-1-2-11-18)17(22)20-12-9-16(21)13-3-4-13/h5-8,13,16,21H,1-4,9-12H2,(H,20,22)/t16-/m1/s1. The summed E-state index contributed by atoms with van der Waals surface area (Å²) in [4.78, 5) is 12.8. The van der Waals surface area contributed by atoms with E-state index in [2.05, 4.69) is 5.32 Å². The van der Waals surface area contributed by atoms with E-state index in [9.17, 15) is 9.90 Å². The van der Waals surface area contributed by atoms with Crippen LogP contribution in [0.3, 0.4) is 0 Å². The van der Waals surface area contributed by atoms with Gasteiger partial charge in [0.1, 0.15) is 0 Å². The number of hydrogen-bond acceptors (Lipinski definition) is 2. The van der Waals surface area contributed by atoms with Crippen molar-refractivity contribution in [3.05, 3.63) is 34.9 Å². The fourth-order valence-corrected chi connectivity index (χ4v) is 3.74. The monoisotopic (exact) mass is 321 g/mol. The summed E-state index contributed by atoms with van der Waals surface area (Å²) < 4.78 is 0. The van der Waals surface area contributed by atoms with Crippen LogP contribution >= 0.6 is 11.6 Å². The Hall–Kier alpha value is -1.06. The zero-order chi connectivity index (χ0) is 15.6. The van der Waals surface area contributed by atoms with E-state index in [1.54, 1.807) is 0 Å². The van der Waals surface area contributed by atoms with E-state index < -0.39 is 5.41 Å². The lowest BCUT2D eigenvalue weighted by molar-refractivity contribution is -0.126. The third-order valence-corrected chi connectivity index (χ3v) is 5.43. The van der Waals surface area contributed by atoms with Gasteiger partial charge in [-0.15, -0.1) is 0 Å². The zero-order valence-electron chi connectivity index (χ0n) is 12.9. The molecule has 0 radical (unpaired) electrons. The van der Waals surface area contributed by atoms with Crippen LogP contribution in [0.2, 0.25) is 5.02 Å². The average Bonchev–Trinajstić information content (AvgIpc) is 3.25. The second kappa shape index (κ2) is 6.59. The number of nitrogens with one attached hydrogen (secondary N) is 1. The van der Waals surface area contributed by atoms with Crippen LogP contribution in [-0.2, 0) is 10.2 Å². The SMILES string of the molecule is O=C(NCC[C@@H](O)C1CC1)C1(c2ccc(Cl)cc2)CCCC1. The fourth-order valence-electron chi connectivity index (χ4n) is 3.61. The zero-order valence-corrected chi connectivity index (χ0v) is 13.6. The molecule has 0 aromatic heterocycles. The van der Waals surface area contributed by atoms with Crippen molar-refractivity contribution in [2.45, 2.75) is 56.5 Å². The number of carbonyl (C=O) groups excluding carboxylic acids is 1. The van der Waals surface area contributed by atoms with Crippen molar-refractivity contribution in [2.24, 2.45) is 5.92 Å². The smallest absolute Gasteiger partial charge is 0.230 e. The molecule has 120 valence electrons. The number of rotatable bonds is 6. The van der Waals surface area contributed by atoms with E-state index in [-0.39, 0.29) is 12.0 Å². The quantitative estimate of drug-likeness (QED) is 0.843. The Morgan fingerprint density at radius 2 is 1.91 bits per heavy atom. The van der Waals surface area contributed by atoms with Crippen molar-refractivity contribution < 1.29 is 9.90 Å². The number of halogens is 1. The van der Waals surface area contributed by atoms with Crippen LogP contribution in [0.15, 0.2) is 24.3 Å².